The van der Waals surface area contributed by atoms with E-state index >= 15 is 0 Å². The van der Waals surface area contributed by atoms with Gasteiger partial charge in [-0.3, -0.25) is 0 Å². The van der Waals surface area contributed by atoms with E-state index in [1.807, 2.05) is 0 Å². The van der Waals surface area contributed by atoms with Gasteiger partial charge in [-0.1, -0.05) is 20.3 Å². The highest BCUT2D eigenvalue weighted by atomic mass is 32.2. The zero-order chi connectivity index (χ0) is 11.6. The fourth-order valence-corrected chi connectivity index (χ4v) is 3.02. The molecule has 0 aliphatic carbocycles. The quantitative estimate of drug-likeness (QED) is 0.661. The number of piperidine rings is 1. The molecule has 0 bridgehead atoms. The first-order chi connectivity index (χ1) is 7.86. The van der Waals surface area contributed by atoms with Gasteiger partial charge in [0.2, 0.25) is 0 Å². The predicted octanol–water partition coefficient (Wildman–Crippen LogP) is 2.59. The van der Waals surface area contributed by atoms with Crippen LogP contribution in [0.1, 0.15) is 39.5 Å². The molecule has 1 unspecified atom stereocenters. The van der Waals surface area contributed by atoms with Crippen LogP contribution in [-0.4, -0.2) is 48.6 Å². The van der Waals surface area contributed by atoms with Gasteiger partial charge in [0.1, 0.15) is 0 Å². The van der Waals surface area contributed by atoms with E-state index in [1.54, 1.807) is 0 Å². The first-order valence-corrected chi connectivity index (χ1v) is 8.05. The van der Waals surface area contributed by atoms with Crippen molar-refractivity contribution in [3.63, 3.8) is 0 Å². The maximum atomic E-state index is 3.65. The fraction of sp³-hybridized carbons (Fsp3) is 1.00. The largest absolute Gasteiger partial charge is 0.313 e. The van der Waals surface area contributed by atoms with Crippen LogP contribution in [0.2, 0.25) is 0 Å². The molecular formula is C13H28N2S. The summed E-state index contributed by atoms with van der Waals surface area (Å²) in [5.74, 6) is 2.55. The molecule has 3 heteroatoms. The number of thioether (sulfide) groups is 1. The van der Waals surface area contributed by atoms with Gasteiger partial charge in [0, 0.05) is 24.9 Å². The molecule has 1 fully saturated rings. The van der Waals surface area contributed by atoms with Crippen molar-refractivity contribution in [2.45, 2.75) is 45.6 Å². The first-order valence-electron chi connectivity index (χ1n) is 6.90. The van der Waals surface area contributed by atoms with E-state index in [0.29, 0.717) is 0 Å². The molecule has 0 saturated carbocycles. The van der Waals surface area contributed by atoms with Crippen molar-refractivity contribution in [1.82, 2.24) is 10.2 Å². The smallest absolute Gasteiger partial charge is 0.0195 e. The van der Waals surface area contributed by atoms with Crippen molar-refractivity contribution in [1.29, 1.82) is 0 Å². The summed E-state index contributed by atoms with van der Waals surface area (Å²) < 4.78 is 0. The molecule has 1 atom stereocenters. The second-order valence-corrected chi connectivity index (χ2v) is 6.04. The zero-order valence-electron chi connectivity index (χ0n) is 11.0. The summed E-state index contributed by atoms with van der Waals surface area (Å²) in [6.07, 6.45) is 5.45. The Morgan fingerprint density at radius 2 is 2.12 bits per heavy atom. The normalized spacial score (nSPS) is 21.6. The summed E-state index contributed by atoms with van der Waals surface area (Å²) in [6.45, 7) is 9.56. The highest BCUT2D eigenvalue weighted by molar-refractivity contribution is 7.99. The van der Waals surface area contributed by atoms with E-state index in [-0.39, 0.29) is 0 Å². The van der Waals surface area contributed by atoms with Crippen LogP contribution in [0, 0.1) is 0 Å². The van der Waals surface area contributed by atoms with Gasteiger partial charge >= 0.3 is 0 Å². The molecule has 0 spiro atoms. The highest BCUT2D eigenvalue weighted by Crippen LogP contribution is 2.09. The summed E-state index contributed by atoms with van der Waals surface area (Å²) in [6, 6.07) is 0.756. The molecule has 2 nitrogen and oxygen atoms in total. The van der Waals surface area contributed by atoms with Crippen LogP contribution in [0.5, 0.6) is 0 Å². The van der Waals surface area contributed by atoms with Crippen molar-refractivity contribution in [2.24, 2.45) is 0 Å². The number of hydrogen-bond acceptors (Lipinski definition) is 3. The van der Waals surface area contributed by atoms with E-state index < -0.39 is 0 Å². The molecule has 96 valence electrons. The Balaban J connectivity index is 2.19. The zero-order valence-corrected chi connectivity index (χ0v) is 11.8. The molecule has 0 radical (unpaired) electrons. The van der Waals surface area contributed by atoms with Gasteiger partial charge < -0.3 is 10.2 Å². The molecule has 1 heterocycles. The summed E-state index contributed by atoms with van der Waals surface area (Å²) in [5, 5.41) is 3.65. The third kappa shape index (κ3) is 6.12. The minimum Gasteiger partial charge on any atom is -0.313 e. The Morgan fingerprint density at radius 1 is 1.25 bits per heavy atom. The summed E-state index contributed by atoms with van der Waals surface area (Å²) >= 11 is 2.06. The average Bonchev–Trinajstić information content (AvgIpc) is 2.31. The van der Waals surface area contributed by atoms with Crippen LogP contribution >= 0.6 is 11.8 Å². The second-order valence-electron chi connectivity index (χ2n) is 4.64. The van der Waals surface area contributed by atoms with E-state index in [4.69, 9.17) is 0 Å². The number of rotatable bonds is 8. The summed E-state index contributed by atoms with van der Waals surface area (Å²) in [7, 11) is 0. The molecule has 1 N–H and O–H groups in total. The van der Waals surface area contributed by atoms with Gasteiger partial charge in [0.15, 0.2) is 0 Å². The monoisotopic (exact) mass is 244 g/mol. The lowest BCUT2D eigenvalue weighted by molar-refractivity contribution is 0.235. The Hall–Kier alpha value is 0.270. The second kappa shape index (κ2) is 9.32. The lowest BCUT2D eigenvalue weighted by Gasteiger charge is -2.30. The van der Waals surface area contributed by atoms with Crippen molar-refractivity contribution >= 4 is 11.8 Å². The summed E-state index contributed by atoms with van der Waals surface area (Å²) in [5.41, 5.74) is 0. The van der Waals surface area contributed by atoms with Gasteiger partial charge in [-0.2, -0.15) is 11.8 Å². The standard InChI is InChI=1S/C13H28N2S/c1-3-9-15(10-11-16-4-2)12-13-7-5-6-8-14-13/h13-14H,3-12H2,1-2H3. The van der Waals surface area contributed by atoms with Crippen LogP contribution < -0.4 is 5.32 Å². The Morgan fingerprint density at radius 3 is 2.75 bits per heavy atom. The van der Waals surface area contributed by atoms with Crippen molar-refractivity contribution in [3.05, 3.63) is 0 Å². The van der Waals surface area contributed by atoms with Gasteiger partial charge in [-0.25, -0.2) is 0 Å². The minimum atomic E-state index is 0.756. The topological polar surface area (TPSA) is 15.3 Å². The molecule has 0 aromatic rings. The first kappa shape index (κ1) is 14.3. The molecule has 1 aliphatic rings. The maximum Gasteiger partial charge on any atom is 0.0195 e. The third-order valence-electron chi connectivity index (χ3n) is 3.19. The predicted molar refractivity (Wildman–Crippen MR) is 75.4 cm³/mol. The lowest BCUT2D eigenvalue weighted by Crippen LogP contribution is -2.44. The van der Waals surface area contributed by atoms with Crippen LogP contribution in [-0.2, 0) is 0 Å². The number of nitrogens with zero attached hydrogens (tertiary/aromatic N) is 1. The lowest BCUT2D eigenvalue weighted by atomic mass is 10.0. The van der Waals surface area contributed by atoms with Gasteiger partial charge in [0.05, 0.1) is 0 Å². The number of hydrogen-bond donors (Lipinski definition) is 1. The van der Waals surface area contributed by atoms with E-state index in [2.05, 4.69) is 35.8 Å². The van der Waals surface area contributed by atoms with Crippen molar-refractivity contribution in [2.75, 3.05) is 37.7 Å². The van der Waals surface area contributed by atoms with E-state index in [1.165, 1.54) is 63.4 Å². The fourth-order valence-electron chi connectivity index (χ4n) is 2.34. The van der Waals surface area contributed by atoms with Gasteiger partial charge in [0.25, 0.3) is 0 Å². The summed E-state index contributed by atoms with van der Waals surface area (Å²) in [4.78, 5) is 2.64. The molecule has 1 aliphatic heterocycles. The van der Waals surface area contributed by atoms with Crippen LogP contribution in [0.3, 0.4) is 0 Å². The van der Waals surface area contributed by atoms with Crippen molar-refractivity contribution in [3.8, 4) is 0 Å². The molecule has 1 rings (SSSR count). The van der Waals surface area contributed by atoms with Crippen LogP contribution in [0.15, 0.2) is 0 Å². The van der Waals surface area contributed by atoms with Gasteiger partial charge in [-0.05, 0) is 38.1 Å². The average molecular weight is 244 g/mol. The van der Waals surface area contributed by atoms with Crippen LogP contribution in [0.25, 0.3) is 0 Å². The molecule has 1 saturated heterocycles. The molecule has 0 aromatic heterocycles. The minimum absolute atomic E-state index is 0.756. The molecule has 16 heavy (non-hydrogen) atoms. The van der Waals surface area contributed by atoms with Gasteiger partial charge in [-0.15, -0.1) is 0 Å². The van der Waals surface area contributed by atoms with E-state index in [0.717, 1.165) is 6.04 Å². The van der Waals surface area contributed by atoms with Crippen molar-refractivity contribution < 1.29 is 0 Å². The third-order valence-corrected chi connectivity index (χ3v) is 4.07. The van der Waals surface area contributed by atoms with Crippen LogP contribution in [0.4, 0.5) is 0 Å². The number of nitrogens with one attached hydrogen (secondary N) is 1. The SMILES string of the molecule is CCCN(CCSCC)CC1CCCCN1. The Labute approximate surface area is 106 Å². The Bertz CT molecular complexity index is 158. The Kier molecular flexibility index (Phi) is 8.34. The molecule has 0 aromatic carbocycles. The maximum absolute atomic E-state index is 3.65. The highest BCUT2D eigenvalue weighted by Gasteiger charge is 2.15. The molecular weight excluding hydrogens is 216 g/mol. The van der Waals surface area contributed by atoms with E-state index in [9.17, 15) is 0 Å². The molecule has 0 amide bonds.